The van der Waals surface area contributed by atoms with Crippen LogP contribution in [0.4, 0.5) is 0 Å². The van der Waals surface area contributed by atoms with E-state index >= 15 is 0 Å². The molecule has 1 aliphatic rings. The van der Waals surface area contributed by atoms with E-state index < -0.39 is 0 Å². The van der Waals surface area contributed by atoms with Gasteiger partial charge in [-0.05, 0) is 49.3 Å². The van der Waals surface area contributed by atoms with Gasteiger partial charge in [-0.15, -0.1) is 0 Å². The number of benzene rings is 1. The lowest BCUT2D eigenvalue weighted by Gasteiger charge is -2.35. The van der Waals surface area contributed by atoms with Gasteiger partial charge in [-0.3, -0.25) is 0 Å². The Labute approximate surface area is 128 Å². The molecule has 1 aliphatic heterocycles. The van der Waals surface area contributed by atoms with Crippen molar-refractivity contribution in [1.29, 1.82) is 0 Å². The molecule has 1 N–H and O–H groups in total. The fourth-order valence-corrected chi connectivity index (χ4v) is 3.40. The highest BCUT2D eigenvalue weighted by Crippen LogP contribution is 2.24. The molecule has 0 bridgehead atoms. The first kappa shape index (κ1) is 16.3. The molecule has 3 atom stereocenters. The monoisotopic (exact) mass is 291 g/mol. The molecule has 0 radical (unpaired) electrons. The average Bonchev–Trinajstić information content (AvgIpc) is 2.45. The first-order chi connectivity index (χ1) is 10.1. The lowest BCUT2D eigenvalue weighted by Crippen LogP contribution is -2.39. The maximum Gasteiger partial charge on any atom is 0.119 e. The zero-order valence-corrected chi connectivity index (χ0v) is 13.6. The number of aliphatic hydroxyl groups is 1. The summed E-state index contributed by atoms with van der Waals surface area (Å²) in [6, 6.07) is 7.81. The van der Waals surface area contributed by atoms with Crippen LogP contribution >= 0.6 is 0 Å². The van der Waals surface area contributed by atoms with E-state index in [0.717, 1.165) is 36.1 Å². The molecule has 1 aromatic rings. The predicted molar refractivity (Wildman–Crippen MR) is 86.6 cm³/mol. The number of hydrogen-bond donors (Lipinski definition) is 1. The Bertz CT molecular complexity index is 408. The zero-order chi connectivity index (χ0) is 15.2. The molecule has 1 fully saturated rings. The molecule has 1 aromatic carbocycles. The van der Waals surface area contributed by atoms with E-state index in [4.69, 9.17) is 4.74 Å². The minimum atomic E-state index is -0.381. The van der Waals surface area contributed by atoms with Crippen LogP contribution in [0.15, 0.2) is 24.3 Å². The molecule has 0 amide bonds. The fourth-order valence-electron chi connectivity index (χ4n) is 3.40. The highest BCUT2D eigenvalue weighted by atomic mass is 16.5. The summed E-state index contributed by atoms with van der Waals surface area (Å²) < 4.78 is 5.43. The van der Waals surface area contributed by atoms with Crippen LogP contribution in [0.5, 0.6) is 5.75 Å². The van der Waals surface area contributed by atoms with Gasteiger partial charge >= 0.3 is 0 Å². The fraction of sp³-hybridized carbons (Fsp3) is 0.667. The van der Waals surface area contributed by atoms with Crippen LogP contribution in [0.1, 0.15) is 45.3 Å². The summed E-state index contributed by atoms with van der Waals surface area (Å²) in [6.45, 7) is 10.6. The molecule has 3 unspecified atom stereocenters. The molecular weight excluding hydrogens is 262 g/mol. The second-order valence-corrected chi connectivity index (χ2v) is 6.51. The summed E-state index contributed by atoms with van der Waals surface area (Å²) in [7, 11) is 0. The highest BCUT2D eigenvalue weighted by molar-refractivity contribution is 5.28. The van der Waals surface area contributed by atoms with Crippen molar-refractivity contribution >= 4 is 0 Å². The average molecular weight is 291 g/mol. The van der Waals surface area contributed by atoms with Crippen molar-refractivity contribution < 1.29 is 9.84 Å². The van der Waals surface area contributed by atoms with Crippen molar-refractivity contribution in [2.24, 2.45) is 11.8 Å². The van der Waals surface area contributed by atoms with E-state index in [1.54, 1.807) is 0 Å². The summed E-state index contributed by atoms with van der Waals surface area (Å²) in [4.78, 5) is 2.50. The molecule has 1 heterocycles. The van der Waals surface area contributed by atoms with Crippen molar-refractivity contribution in [3.05, 3.63) is 29.8 Å². The highest BCUT2D eigenvalue weighted by Gasteiger charge is 2.22. The molecule has 2 rings (SSSR count). The minimum Gasteiger partial charge on any atom is -0.494 e. The van der Waals surface area contributed by atoms with E-state index in [2.05, 4.69) is 18.7 Å². The third-order valence-electron chi connectivity index (χ3n) is 4.24. The van der Waals surface area contributed by atoms with Gasteiger partial charge in [-0.1, -0.05) is 26.0 Å². The van der Waals surface area contributed by atoms with Crippen LogP contribution in [0.3, 0.4) is 0 Å². The van der Waals surface area contributed by atoms with Gasteiger partial charge < -0.3 is 14.7 Å². The summed E-state index contributed by atoms with van der Waals surface area (Å²) in [5, 5.41) is 10.3. The van der Waals surface area contributed by atoms with E-state index in [0.29, 0.717) is 6.61 Å². The van der Waals surface area contributed by atoms with Crippen molar-refractivity contribution in [2.45, 2.75) is 39.7 Å². The van der Waals surface area contributed by atoms with Crippen LogP contribution in [-0.2, 0) is 0 Å². The van der Waals surface area contributed by atoms with Gasteiger partial charge in [0.15, 0.2) is 0 Å². The largest absolute Gasteiger partial charge is 0.494 e. The van der Waals surface area contributed by atoms with Gasteiger partial charge in [0, 0.05) is 19.6 Å². The molecule has 1 saturated heterocycles. The number of piperidine rings is 1. The summed E-state index contributed by atoms with van der Waals surface area (Å²) in [5.41, 5.74) is 0.983. The summed E-state index contributed by atoms with van der Waals surface area (Å²) >= 11 is 0. The Balaban J connectivity index is 1.82. The quantitative estimate of drug-likeness (QED) is 0.871. The van der Waals surface area contributed by atoms with Gasteiger partial charge in [0.2, 0.25) is 0 Å². The molecule has 0 saturated carbocycles. The minimum absolute atomic E-state index is 0.381. The number of likely N-dealkylation sites (tertiary alicyclic amines) is 1. The van der Waals surface area contributed by atoms with Gasteiger partial charge in [0.05, 0.1) is 12.7 Å². The molecule has 21 heavy (non-hydrogen) atoms. The van der Waals surface area contributed by atoms with Gasteiger partial charge in [0.1, 0.15) is 5.75 Å². The second kappa shape index (κ2) is 7.81. The Morgan fingerprint density at radius 3 is 2.38 bits per heavy atom. The molecule has 0 aliphatic carbocycles. The first-order valence-corrected chi connectivity index (χ1v) is 8.21. The SMILES string of the molecule is CCOc1ccc(C(O)CCN2CC(C)CC(C)C2)cc1. The van der Waals surface area contributed by atoms with Crippen LogP contribution in [-0.4, -0.2) is 36.2 Å². The number of aliphatic hydroxyl groups excluding tert-OH is 1. The zero-order valence-electron chi connectivity index (χ0n) is 13.6. The number of ether oxygens (including phenoxy) is 1. The van der Waals surface area contributed by atoms with E-state index in [9.17, 15) is 5.11 Å². The van der Waals surface area contributed by atoms with Gasteiger partial charge in [-0.25, -0.2) is 0 Å². The van der Waals surface area contributed by atoms with Crippen LogP contribution in [0.25, 0.3) is 0 Å². The van der Waals surface area contributed by atoms with Gasteiger partial charge in [0.25, 0.3) is 0 Å². The third kappa shape index (κ3) is 5.01. The Kier molecular flexibility index (Phi) is 6.07. The number of nitrogens with zero attached hydrogens (tertiary/aromatic N) is 1. The van der Waals surface area contributed by atoms with E-state index in [1.165, 1.54) is 19.5 Å². The van der Waals surface area contributed by atoms with Crippen molar-refractivity contribution in [1.82, 2.24) is 4.90 Å². The lowest BCUT2D eigenvalue weighted by molar-refractivity contribution is 0.103. The van der Waals surface area contributed by atoms with Crippen LogP contribution in [0.2, 0.25) is 0 Å². The maximum absolute atomic E-state index is 10.3. The first-order valence-electron chi connectivity index (χ1n) is 8.21. The lowest BCUT2D eigenvalue weighted by atomic mass is 9.91. The summed E-state index contributed by atoms with van der Waals surface area (Å²) in [5.74, 6) is 2.42. The van der Waals surface area contributed by atoms with Crippen LogP contribution < -0.4 is 4.74 Å². The molecule has 3 nitrogen and oxygen atoms in total. The van der Waals surface area contributed by atoms with Crippen molar-refractivity contribution in [2.75, 3.05) is 26.2 Å². The van der Waals surface area contributed by atoms with E-state index in [-0.39, 0.29) is 6.10 Å². The molecule has 118 valence electrons. The Hall–Kier alpha value is -1.06. The second-order valence-electron chi connectivity index (χ2n) is 6.51. The molecule has 0 spiro atoms. The Morgan fingerprint density at radius 1 is 1.19 bits per heavy atom. The van der Waals surface area contributed by atoms with Crippen molar-refractivity contribution in [3.8, 4) is 5.75 Å². The normalized spacial score (nSPS) is 24.8. The predicted octanol–water partition coefficient (Wildman–Crippen LogP) is 3.49. The molecule has 3 heteroatoms. The maximum atomic E-state index is 10.3. The number of hydrogen-bond acceptors (Lipinski definition) is 3. The smallest absolute Gasteiger partial charge is 0.119 e. The van der Waals surface area contributed by atoms with E-state index in [1.807, 2.05) is 31.2 Å². The Morgan fingerprint density at radius 2 is 1.81 bits per heavy atom. The summed E-state index contributed by atoms with van der Waals surface area (Å²) in [6.07, 6.45) is 1.75. The topological polar surface area (TPSA) is 32.7 Å². The number of rotatable bonds is 6. The molecular formula is C18H29NO2. The van der Waals surface area contributed by atoms with Crippen molar-refractivity contribution in [3.63, 3.8) is 0 Å². The standard InChI is InChI=1S/C18H29NO2/c1-4-21-17-7-5-16(6-8-17)18(20)9-10-19-12-14(2)11-15(3)13-19/h5-8,14-15,18,20H,4,9-13H2,1-3H3. The third-order valence-corrected chi connectivity index (χ3v) is 4.24. The molecule has 0 aromatic heterocycles. The van der Waals surface area contributed by atoms with Gasteiger partial charge in [-0.2, -0.15) is 0 Å². The van der Waals surface area contributed by atoms with Crippen LogP contribution in [0, 0.1) is 11.8 Å².